The molecule has 0 aromatic rings. The molecule has 234 valence electrons. The van der Waals surface area contributed by atoms with Crippen LogP contribution < -0.4 is 0 Å². The number of allylic oxidation sites excluding steroid dienone is 2. The van der Waals surface area contributed by atoms with E-state index in [-0.39, 0.29) is 25.0 Å². The predicted molar refractivity (Wildman–Crippen MR) is 164 cm³/mol. The standard InChI is InChI=1S/C34H57NO6/c1-2-3-5-9-25-13-14-27(32(38)21-25)10-6-4-7-12-30(33(39)40)31(37)15-17-34(41)22-28(11-8-19-36)29(23-34)20-26-16-18-35-24-26/h13-14,16,24-25,27-32,36-38,41H,2-12,15,17-23H2,1H3,(H,39,40)/t25-,27-,28-,29-,30+,31-,32-,34+/m1/s1. The van der Waals surface area contributed by atoms with E-state index in [1.807, 2.05) is 6.21 Å². The lowest BCUT2D eigenvalue weighted by atomic mass is 9.81. The predicted octanol–water partition coefficient (Wildman–Crippen LogP) is 5.84. The van der Waals surface area contributed by atoms with Crippen molar-refractivity contribution in [3.63, 3.8) is 0 Å². The first-order valence-corrected chi connectivity index (χ1v) is 16.5. The Hall–Kier alpha value is -1.54. The van der Waals surface area contributed by atoms with Gasteiger partial charge in [-0.05, 0) is 94.0 Å². The van der Waals surface area contributed by atoms with E-state index in [1.165, 1.54) is 24.8 Å². The summed E-state index contributed by atoms with van der Waals surface area (Å²) < 4.78 is 0. The molecule has 7 nitrogen and oxygen atoms in total. The molecule has 7 heteroatoms. The van der Waals surface area contributed by atoms with Crippen molar-refractivity contribution in [2.75, 3.05) is 13.2 Å². The van der Waals surface area contributed by atoms with Crippen molar-refractivity contribution in [3.05, 3.63) is 23.8 Å². The number of carboxylic acid groups (broad SMARTS) is 1. The van der Waals surface area contributed by atoms with Gasteiger partial charge in [0, 0.05) is 18.7 Å². The van der Waals surface area contributed by atoms with Crippen molar-refractivity contribution in [1.82, 2.24) is 0 Å². The third-order valence-corrected chi connectivity index (χ3v) is 9.98. The molecule has 5 N–H and O–H groups in total. The second-order valence-corrected chi connectivity index (χ2v) is 13.3. The maximum absolute atomic E-state index is 12.0. The molecule has 1 saturated carbocycles. The fraction of sp³-hybridized carbons (Fsp3) is 0.824. The zero-order chi connectivity index (χ0) is 29.7. The molecule has 0 saturated heterocycles. The number of aliphatic hydroxyl groups is 4. The molecule has 3 rings (SSSR count). The van der Waals surface area contributed by atoms with Gasteiger partial charge >= 0.3 is 5.97 Å². The molecule has 1 heterocycles. The first-order valence-electron chi connectivity index (χ1n) is 16.5. The van der Waals surface area contributed by atoms with Crippen LogP contribution in [0.25, 0.3) is 0 Å². The van der Waals surface area contributed by atoms with Gasteiger partial charge in [-0.1, -0.05) is 63.7 Å². The quantitative estimate of drug-likeness (QED) is 0.0915. The molecule has 2 aliphatic carbocycles. The van der Waals surface area contributed by atoms with Crippen LogP contribution >= 0.6 is 0 Å². The molecule has 0 bridgehead atoms. The van der Waals surface area contributed by atoms with Crippen molar-refractivity contribution in [3.8, 4) is 0 Å². The van der Waals surface area contributed by atoms with E-state index in [9.17, 15) is 30.3 Å². The fourth-order valence-corrected chi connectivity index (χ4v) is 7.53. The highest BCUT2D eigenvalue weighted by Crippen LogP contribution is 2.47. The van der Waals surface area contributed by atoms with E-state index >= 15 is 0 Å². The first kappa shape index (κ1) is 34.0. The monoisotopic (exact) mass is 575 g/mol. The van der Waals surface area contributed by atoms with Crippen LogP contribution in [-0.2, 0) is 4.79 Å². The van der Waals surface area contributed by atoms with Crippen molar-refractivity contribution in [2.45, 2.75) is 134 Å². The van der Waals surface area contributed by atoms with Crippen molar-refractivity contribution >= 4 is 12.2 Å². The summed E-state index contributed by atoms with van der Waals surface area (Å²) in [5, 5.41) is 52.1. The Morgan fingerprint density at radius 2 is 1.80 bits per heavy atom. The van der Waals surface area contributed by atoms with Crippen LogP contribution in [-0.4, -0.2) is 68.7 Å². The van der Waals surface area contributed by atoms with Crippen molar-refractivity contribution < 1.29 is 30.3 Å². The number of aliphatic carboxylic acids is 1. The molecule has 3 aliphatic rings. The van der Waals surface area contributed by atoms with Gasteiger partial charge in [0.05, 0.1) is 30.3 Å². The number of carboxylic acids is 1. The molecule has 8 atom stereocenters. The number of rotatable bonds is 20. The van der Waals surface area contributed by atoms with Crippen LogP contribution in [0, 0.1) is 29.6 Å². The van der Waals surface area contributed by atoms with Gasteiger partial charge in [-0.25, -0.2) is 0 Å². The first-order chi connectivity index (χ1) is 19.7. The Kier molecular flexibility index (Phi) is 14.5. The SMILES string of the molecule is CCCCC[C@@H]1C=C[C@@H](CCCCC[C@H](C(=O)O)[C@H](O)CC[C@]2(O)C[C@@H](CCCO)[C@H](CC3=CCN=C3)C2)[C@H](O)C1. The highest BCUT2D eigenvalue weighted by molar-refractivity contribution is 5.80. The summed E-state index contributed by atoms with van der Waals surface area (Å²) in [5.41, 5.74) is 0.300. The van der Waals surface area contributed by atoms with Gasteiger partial charge in [0.2, 0.25) is 0 Å². The van der Waals surface area contributed by atoms with E-state index in [2.05, 4.69) is 30.1 Å². The van der Waals surface area contributed by atoms with Crippen LogP contribution in [0.15, 0.2) is 28.8 Å². The molecular weight excluding hydrogens is 518 g/mol. The average Bonchev–Trinajstić information content (AvgIpc) is 3.56. The van der Waals surface area contributed by atoms with Crippen LogP contribution in [0.3, 0.4) is 0 Å². The second-order valence-electron chi connectivity index (χ2n) is 13.3. The smallest absolute Gasteiger partial charge is 0.309 e. The zero-order valence-corrected chi connectivity index (χ0v) is 25.4. The Labute approximate surface area is 247 Å². The van der Waals surface area contributed by atoms with Crippen molar-refractivity contribution in [2.24, 2.45) is 34.6 Å². The minimum absolute atomic E-state index is 0.141. The molecule has 0 unspecified atom stereocenters. The number of nitrogens with zero attached hydrogens (tertiary/aromatic N) is 1. The normalized spacial score (nSPS) is 31.0. The summed E-state index contributed by atoms with van der Waals surface area (Å²) in [4.78, 5) is 16.3. The van der Waals surface area contributed by atoms with E-state index in [0.29, 0.717) is 49.9 Å². The van der Waals surface area contributed by atoms with Crippen LogP contribution in [0.2, 0.25) is 0 Å². The van der Waals surface area contributed by atoms with Gasteiger partial charge in [0.1, 0.15) is 0 Å². The van der Waals surface area contributed by atoms with Gasteiger partial charge < -0.3 is 25.5 Å². The van der Waals surface area contributed by atoms with E-state index in [4.69, 9.17) is 0 Å². The molecule has 1 fully saturated rings. The summed E-state index contributed by atoms with van der Waals surface area (Å²) in [7, 11) is 0. The Bertz CT molecular complexity index is 871. The molecule has 41 heavy (non-hydrogen) atoms. The molecule has 0 aromatic heterocycles. The maximum atomic E-state index is 12.0. The largest absolute Gasteiger partial charge is 0.481 e. The van der Waals surface area contributed by atoms with E-state index in [1.54, 1.807) is 0 Å². The summed E-state index contributed by atoms with van der Waals surface area (Å²) in [5.74, 6) is -0.512. The van der Waals surface area contributed by atoms with E-state index < -0.39 is 23.6 Å². The minimum Gasteiger partial charge on any atom is -0.481 e. The fourth-order valence-electron chi connectivity index (χ4n) is 7.53. The van der Waals surface area contributed by atoms with Crippen LogP contribution in [0.5, 0.6) is 0 Å². The number of aliphatic imine (C=N–C) groups is 1. The molecule has 0 spiro atoms. The van der Waals surface area contributed by atoms with Gasteiger partial charge in [-0.3, -0.25) is 9.79 Å². The third-order valence-electron chi connectivity index (χ3n) is 9.98. The maximum Gasteiger partial charge on any atom is 0.309 e. The summed E-state index contributed by atoms with van der Waals surface area (Å²) in [6.07, 6.45) is 21.2. The highest BCUT2D eigenvalue weighted by atomic mass is 16.4. The van der Waals surface area contributed by atoms with Gasteiger partial charge in [-0.2, -0.15) is 0 Å². The highest BCUT2D eigenvalue weighted by Gasteiger charge is 2.44. The number of aliphatic hydroxyl groups excluding tert-OH is 3. The lowest BCUT2D eigenvalue weighted by molar-refractivity contribution is -0.146. The number of hydrogen-bond acceptors (Lipinski definition) is 6. The Balaban J connectivity index is 1.40. The molecule has 1 aliphatic heterocycles. The Morgan fingerprint density at radius 1 is 1.02 bits per heavy atom. The van der Waals surface area contributed by atoms with Gasteiger partial charge in [-0.15, -0.1) is 0 Å². The summed E-state index contributed by atoms with van der Waals surface area (Å²) in [6, 6.07) is 0. The minimum atomic E-state index is -0.983. The van der Waals surface area contributed by atoms with Gasteiger partial charge in [0.15, 0.2) is 0 Å². The third kappa shape index (κ3) is 11.2. The summed E-state index contributed by atoms with van der Waals surface area (Å²) >= 11 is 0. The summed E-state index contributed by atoms with van der Waals surface area (Å²) in [6.45, 7) is 3.07. The van der Waals surface area contributed by atoms with Crippen LogP contribution in [0.4, 0.5) is 0 Å². The molecule has 0 aromatic carbocycles. The van der Waals surface area contributed by atoms with E-state index in [0.717, 1.165) is 57.9 Å². The average molecular weight is 576 g/mol. The molecule has 0 amide bonds. The lowest BCUT2D eigenvalue weighted by Crippen LogP contribution is -2.32. The van der Waals surface area contributed by atoms with Crippen LogP contribution in [0.1, 0.15) is 116 Å². The lowest BCUT2D eigenvalue weighted by Gasteiger charge is -2.28. The molecule has 0 radical (unpaired) electrons. The Morgan fingerprint density at radius 3 is 2.49 bits per heavy atom. The number of hydrogen-bond donors (Lipinski definition) is 5. The molecular formula is C34H57NO6. The van der Waals surface area contributed by atoms with Gasteiger partial charge in [0.25, 0.3) is 0 Å². The van der Waals surface area contributed by atoms with Crippen molar-refractivity contribution in [1.29, 1.82) is 0 Å². The zero-order valence-electron chi connectivity index (χ0n) is 25.4. The number of carbonyl (C=O) groups is 1. The second kappa shape index (κ2) is 17.5. The number of unbranched alkanes of at least 4 members (excludes halogenated alkanes) is 4. The topological polar surface area (TPSA) is 131 Å².